The molecule has 1 fully saturated rings. The van der Waals surface area contributed by atoms with E-state index in [0.29, 0.717) is 35.1 Å². The van der Waals surface area contributed by atoms with Crippen molar-refractivity contribution in [2.75, 3.05) is 30.9 Å². The lowest BCUT2D eigenvalue weighted by Crippen LogP contribution is -2.48. The molecule has 0 aliphatic carbocycles. The second kappa shape index (κ2) is 5.89. The molecule has 6 heteroatoms. The van der Waals surface area contributed by atoms with E-state index in [2.05, 4.69) is 4.90 Å². The number of nitrogen functional groups attached to an aromatic ring is 1. The SMILES string of the molecule is COC(=O)c1cc(N)cc(Cl)c1N1CC(C)OCC1C. The van der Waals surface area contributed by atoms with E-state index in [1.165, 1.54) is 7.11 Å². The van der Waals surface area contributed by atoms with Crippen LogP contribution in [0.5, 0.6) is 0 Å². The van der Waals surface area contributed by atoms with Crippen LogP contribution in [-0.4, -0.2) is 38.4 Å². The highest BCUT2D eigenvalue weighted by molar-refractivity contribution is 6.34. The van der Waals surface area contributed by atoms with Gasteiger partial charge in [0.15, 0.2) is 0 Å². The Hall–Kier alpha value is -1.46. The monoisotopic (exact) mass is 298 g/mol. The number of carbonyl (C=O) groups excluding carboxylic acids is 1. The summed E-state index contributed by atoms with van der Waals surface area (Å²) in [7, 11) is 1.34. The Balaban J connectivity index is 2.51. The summed E-state index contributed by atoms with van der Waals surface area (Å²) in [6.07, 6.45) is 0.0744. The van der Waals surface area contributed by atoms with Gasteiger partial charge in [0.25, 0.3) is 0 Å². The van der Waals surface area contributed by atoms with Crippen LogP contribution in [0.15, 0.2) is 12.1 Å². The third kappa shape index (κ3) is 2.83. The van der Waals surface area contributed by atoms with Crippen LogP contribution in [0.4, 0.5) is 11.4 Å². The van der Waals surface area contributed by atoms with Crippen molar-refractivity contribution < 1.29 is 14.3 Å². The first kappa shape index (κ1) is 14.9. The molecule has 1 aliphatic heterocycles. The fraction of sp³-hybridized carbons (Fsp3) is 0.500. The van der Waals surface area contributed by atoms with Gasteiger partial charge in [-0.3, -0.25) is 0 Å². The predicted molar refractivity (Wildman–Crippen MR) is 79.4 cm³/mol. The summed E-state index contributed by atoms with van der Waals surface area (Å²) in [5.74, 6) is -0.444. The first-order valence-electron chi connectivity index (χ1n) is 6.49. The first-order chi connectivity index (χ1) is 9.43. The van der Waals surface area contributed by atoms with E-state index in [0.717, 1.165) is 0 Å². The van der Waals surface area contributed by atoms with Crippen molar-refractivity contribution in [1.82, 2.24) is 0 Å². The lowest BCUT2D eigenvalue weighted by molar-refractivity contribution is 0.0340. The highest BCUT2D eigenvalue weighted by atomic mass is 35.5. The number of hydrogen-bond acceptors (Lipinski definition) is 5. The van der Waals surface area contributed by atoms with E-state index < -0.39 is 5.97 Å². The van der Waals surface area contributed by atoms with Crippen molar-refractivity contribution in [3.63, 3.8) is 0 Å². The van der Waals surface area contributed by atoms with Crippen molar-refractivity contribution in [3.8, 4) is 0 Å². The molecule has 1 aromatic carbocycles. The number of nitrogens with two attached hydrogens (primary N) is 1. The van der Waals surface area contributed by atoms with Crippen LogP contribution in [-0.2, 0) is 9.47 Å². The van der Waals surface area contributed by atoms with Crippen LogP contribution in [0.2, 0.25) is 5.02 Å². The fourth-order valence-corrected chi connectivity index (χ4v) is 2.73. The van der Waals surface area contributed by atoms with Crippen LogP contribution < -0.4 is 10.6 Å². The number of methoxy groups -OCH3 is 1. The van der Waals surface area contributed by atoms with E-state index in [1.54, 1.807) is 12.1 Å². The molecule has 0 saturated carbocycles. The van der Waals surface area contributed by atoms with Gasteiger partial charge in [0.2, 0.25) is 0 Å². The lowest BCUT2D eigenvalue weighted by Gasteiger charge is -2.39. The number of nitrogens with zero attached hydrogens (tertiary/aromatic N) is 1. The standard InChI is InChI=1S/C14H19ClN2O3/c1-8-7-20-9(2)6-17(8)13-11(14(18)19-3)4-10(16)5-12(13)15/h4-5,8-9H,6-7,16H2,1-3H3. The minimum absolute atomic E-state index is 0.0744. The topological polar surface area (TPSA) is 64.8 Å². The zero-order valence-electron chi connectivity index (χ0n) is 11.9. The third-order valence-corrected chi connectivity index (χ3v) is 3.67. The minimum atomic E-state index is -0.444. The number of anilines is 2. The molecule has 2 N–H and O–H groups in total. The maximum Gasteiger partial charge on any atom is 0.340 e. The Bertz CT molecular complexity index is 521. The van der Waals surface area contributed by atoms with Crippen LogP contribution >= 0.6 is 11.6 Å². The van der Waals surface area contributed by atoms with Gasteiger partial charge >= 0.3 is 5.97 Å². The molecule has 5 nitrogen and oxygen atoms in total. The Morgan fingerprint density at radius 3 is 2.85 bits per heavy atom. The zero-order valence-corrected chi connectivity index (χ0v) is 12.6. The van der Waals surface area contributed by atoms with Gasteiger partial charge in [-0.2, -0.15) is 0 Å². The molecule has 110 valence electrons. The second-order valence-corrected chi connectivity index (χ2v) is 5.44. The molecule has 20 heavy (non-hydrogen) atoms. The Morgan fingerprint density at radius 1 is 1.50 bits per heavy atom. The van der Waals surface area contributed by atoms with Gasteiger partial charge in [-0.1, -0.05) is 11.6 Å². The van der Waals surface area contributed by atoms with Crippen LogP contribution in [0.1, 0.15) is 24.2 Å². The highest BCUT2D eigenvalue weighted by Crippen LogP contribution is 2.35. The van der Waals surface area contributed by atoms with Gasteiger partial charge < -0.3 is 20.1 Å². The van der Waals surface area contributed by atoms with Gasteiger partial charge in [-0.05, 0) is 26.0 Å². The van der Waals surface area contributed by atoms with E-state index >= 15 is 0 Å². The van der Waals surface area contributed by atoms with Gasteiger partial charge in [0.1, 0.15) is 0 Å². The van der Waals surface area contributed by atoms with E-state index in [4.69, 9.17) is 26.8 Å². The van der Waals surface area contributed by atoms with Gasteiger partial charge in [0, 0.05) is 18.3 Å². The maximum atomic E-state index is 12.0. The first-order valence-corrected chi connectivity index (χ1v) is 6.87. The molecule has 2 rings (SSSR count). The largest absolute Gasteiger partial charge is 0.465 e. The normalized spacial score (nSPS) is 22.7. The summed E-state index contributed by atoms with van der Waals surface area (Å²) in [5.41, 5.74) is 7.26. The number of esters is 1. The predicted octanol–water partition coefficient (Wildman–Crippen LogP) is 2.32. The highest BCUT2D eigenvalue weighted by Gasteiger charge is 2.29. The molecule has 0 spiro atoms. The van der Waals surface area contributed by atoms with Crippen LogP contribution in [0, 0.1) is 0 Å². The summed E-state index contributed by atoms with van der Waals surface area (Å²) in [6, 6.07) is 3.37. The molecule has 0 radical (unpaired) electrons. The minimum Gasteiger partial charge on any atom is -0.465 e. The number of morpholine rings is 1. The number of ether oxygens (including phenoxy) is 2. The molecule has 1 aromatic rings. The molecule has 0 amide bonds. The zero-order chi connectivity index (χ0) is 14.9. The van der Waals surface area contributed by atoms with Gasteiger partial charge in [-0.15, -0.1) is 0 Å². The number of benzene rings is 1. The smallest absolute Gasteiger partial charge is 0.340 e. The molecule has 1 aliphatic rings. The van der Waals surface area contributed by atoms with Crippen molar-refractivity contribution in [2.24, 2.45) is 0 Å². The van der Waals surface area contributed by atoms with Crippen molar-refractivity contribution in [1.29, 1.82) is 0 Å². The number of halogens is 1. The molecule has 0 bridgehead atoms. The molecule has 2 atom stereocenters. The molecular weight excluding hydrogens is 280 g/mol. The second-order valence-electron chi connectivity index (χ2n) is 5.04. The molecule has 2 unspecified atom stereocenters. The fourth-order valence-electron chi connectivity index (χ4n) is 2.39. The Kier molecular flexibility index (Phi) is 4.40. The summed E-state index contributed by atoms with van der Waals surface area (Å²) < 4.78 is 10.4. The Morgan fingerprint density at radius 2 is 2.20 bits per heavy atom. The summed E-state index contributed by atoms with van der Waals surface area (Å²) in [5, 5.41) is 0.450. The Labute approximate surface area is 123 Å². The van der Waals surface area contributed by atoms with Gasteiger partial charge in [-0.25, -0.2) is 4.79 Å². The summed E-state index contributed by atoms with van der Waals surface area (Å²) in [6.45, 7) is 5.26. The average molecular weight is 299 g/mol. The molecule has 1 saturated heterocycles. The van der Waals surface area contributed by atoms with Crippen molar-refractivity contribution in [2.45, 2.75) is 26.0 Å². The molecule has 1 heterocycles. The number of rotatable bonds is 2. The van der Waals surface area contributed by atoms with E-state index in [9.17, 15) is 4.79 Å². The number of hydrogen-bond donors (Lipinski definition) is 1. The van der Waals surface area contributed by atoms with Crippen LogP contribution in [0.3, 0.4) is 0 Å². The third-order valence-electron chi connectivity index (χ3n) is 3.39. The lowest BCUT2D eigenvalue weighted by atomic mass is 10.1. The van der Waals surface area contributed by atoms with Gasteiger partial charge in [0.05, 0.1) is 36.1 Å². The maximum absolute atomic E-state index is 12.0. The van der Waals surface area contributed by atoms with Crippen LogP contribution in [0.25, 0.3) is 0 Å². The average Bonchev–Trinajstić information content (AvgIpc) is 2.40. The number of carbonyl (C=O) groups is 1. The molecule has 0 aromatic heterocycles. The summed E-state index contributed by atoms with van der Waals surface area (Å²) in [4.78, 5) is 14.0. The molecular formula is C14H19ClN2O3. The van der Waals surface area contributed by atoms with E-state index in [1.807, 2.05) is 13.8 Å². The summed E-state index contributed by atoms with van der Waals surface area (Å²) >= 11 is 6.31. The van der Waals surface area contributed by atoms with Crippen molar-refractivity contribution >= 4 is 28.9 Å². The van der Waals surface area contributed by atoms with Crippen molar-refractivity contribution in [3.05, 3.63) is 22.7 Å². The van der Waals surface area contributed by atoms with E-state index in [-0.39, 0.29) is 12.1 Å². The quantitative estimate of drug-likeness (QED) is 0.670.